The van der Waals surface area contributed by atoms with Gasteiger partial charge in [-0.2, -0.15) is 0 Å². The average Bonchev–Trinajstić information content (AvgIpc) is 2.53. The summed E-state index contributed by atoms with van der Waals surface area (Å²) in [4.78, 5) is 22.9. The van der Waals surface area contributed by atoms with Crippen LogP contribution in [0.3, 0.4) is 0 Å². The SMILES string of the molecule is COCCN1C(C)CN(C(=NCC(=O)N(C)C)NCC(C)C)CC1C.I. The summed E-state index contributed by atoms with van der Waals surface area (Å²) in [5.74, 6) is 1.38. The number of halogens is 1. The molecule has 0 saturated carbocycles. The van der Waals surface area contributed by atoms with Crippen molar-refractivity contribution < 1.29 is 9.53 Å². The van der Waals surface area contributed by atoms with Crippen molar-refractivity contribution in [2.45, 2.75) is 39.8 Å². The predicted octanol–water partition coefficient (Wildman–Crippen LogP) is 1.34. The molecule has 1 saturated heterocycles. The fraction of sp³-hybridized carbons (Fsp3) is 0.889. The number of rotatable bonds is 7. The van der Waals surface area contributed by atoms with Crippen LogP contribution in [0, 0.1) is 5.92 Å². The van der Waals surface area contributed by atoms with Crippen LogP contribution >= 0.6 is 24.0 Å². The zero-order valence-electron chi connectivity index (χ0n) is 17.5. The van der Waals surface area contributed by atoms with Crippen LogP contribution in [0.5, 0.6) is 0 Å². The number of methoxy groups -OCH3 is 1. The van der Waals surface area contributed by atoms with E-state index >= 15 is 0 Å². The van der Waals surface area contributed by atoms with E-state index in [9.17, 15) is 4.79 Å². The van der Waals surface area contributed by atoms with Crippen LogP contribution in [0.15, 0.2) is 4.99 Å². The van der Waals surface area contributed by atoms with Crippen LogP contribution in [0.4, 0.5) is 0 Å². The first kappa shape index (κ1) is 25.4. The van der Waals surface area contributed by atoms with E-state index in [1.54, 1.807) is 26.1 Å². The Bertz CT molecular complexity index is 433. The van der Waals surface area contributed by atoms with Crippen molar-refractivity contribution in [3.05, 3.63) is 0 Å². The van der Waals surface area contributed by atoms with Crippen molar-refractivity contribution in [1.29, 1.82) is 0 Å². The molecule has 154 valence electrons. The number of nitrogens with one attached hydrogen (secondary N) is 1. The Hall–Kier alpha value is -0.610. The fourth-order valence-corrected chi connectivity index (χ4v) is 3.01. The van der Waals surface area contributed by atoms with Gasteiger partial charge in [-0.1, -0.05) is 13.8 Å². The van der Waals surface area contributed by atoms with Crippen molar-refractivity contribution >= 4 is 35.8 Å². The van der Waals surface area contributed by atoms with Crippen LogP contribution in [-0.4, -0.2) is 99.2 Å². The van der Waals surface area contributed by atoms with E-state index in [-0.39, 0.29) is 36.4 Å². The lowest BCUT2D eigenvalue weighted by molar-refractivity contribution is -0.127. The molecule has 0 aromatic carbocycles. The van der Waals surface area contributed by atoms with E-state index < -0.39 is 0 Å². The largest absolute Gasteiger partial charge is 0.383 e. The molecule has 1 heterocycles. The molecule has 0 aromatic heterocycles. The highest BCUT2D eigenvalue weighted by Crippen LogP contribution is 2.15. The molecule has 7 nitrogen and oxygen atoms in total. The molecule has 2 unspecified atom stereocenters. The quantitative estimate of drug-likeness (QED) is 0.337. The first-order valence-corrected chi connectivity index (χ1v) is 9.24. The molecular weight excluding hydrogens is 445 g/mol. The summed E-state index contributed by atoms with van der Waals surface area (Å²) in [5, 5.41) is 3.44. The molecule has 1 aliphatic heterocycles. The van der Waals surface area contributed by atoms with Crippen molar-refractivity contribution in [3.8, 4) is 0 Å². The van der Waals surface area contributed by atoms with E-state index in [0.29, 0.717) is 18.0 Å². The molecule has 1 fully saturated rings. The van der Waals surface area contributed by atoms with Crippen molar-refractivity contribution in [1.82, 2.24) is 20.0 Å². The highest BCUT2D eigenvalue weighted by atomic mass is 127. The number of carbonyl (C=O) groups excluding carboxylic acids is 1. The zero-order chi connectivity index (χ0) is 19.0. The van der Waals surface area contributed by atoms with Gasteiger partial charge in [-0.15, -0.1) is 24.0 Å². The summed E-state index contributed by atoms with van der Waals surface area (Å²) in [6, 6.07) is 0.823. The van der Waals surface area contributed by atoms with Crippen molar-refractivity contribution in [2.24, 2.45) is 10.9 Å². The number of hydrogen-bond acceptors (Lipinski definition) is 4. The highest BCUT2D eigenvalue weighted by Gasteiger charge is 2.30. The number of piperazine rings is 1. The second-order valence-electron chi connectivity index (χ2n) is 7.54. The summed E-state index contributed by atoms with van der Waals surface area (Å²) in [6.45, 7) is 13.3. The summed E-state index contributed by atoms with van der Waals surface area (Å²) < 4.78 is 5.23. The number of aliphatic imine (C=N–C) groups is 1. The molecule has 1 amide bonds. The lowest BCUT2D eigenvalue weighted by Crippen LogP contribution is -2.60. The molecule has 0 spiro atoms. The standard InChI is InChI=1S/C18H37N5O2.HI/c1-14(2)10-19-18(20-11-17(24)21(5)6)22-12-15(3)23(8-9-25-7)16(4)13-22;/h14-16H,8-13H2,1-7H3,(H,19,20);1H. The van der Waals surface area contributed by atoms with E-state index in [0.717, 1.165) is 38.7 Å². The fourth-order valence-electron chi connectivity index (χ4n) is 3.01. The minimum atomic E-state index is 0. The summed E-state index contributed by atoms with van der Waals surface area (Å²) >= 11 is 0. The zero-order valence-corrected chi connectivity index (χ0v) is 19.8. The van der Waals surface area contributed by atoms with Crippen LogP contribution in [0.25, 0.3) is 0 Å². The van der Waals surface area contributed by atoms with Gasteiger partial charge in [0, 0.05) is 59.5 Å². The first-order valence-electron chi connectivity index (χ1n) is 9.24. The van der Waals surface area contributed by atoms with E-state index in [1.807, 2.05) is 0 Å². The lowest BCUT2D eigenvalue weighted by Gasteiger charge is -2.45. The Morgan fingerprint density at radius 2 is 1.85 bits per heavy atom. The van der Waals surface area contributed by atoms with Gasteiger partial charge in [0.25, 0.3) is 0 Å². The van der Waals surface area contributed by atoms with Crippen LogP contribution in [0.1, 0.15) is 27.7 Å². The smallest absolute Gasteiger partial charge is 0.243 e. The maximum Gasteiger partial charge on any atom is 0.243 e. The molecular formula is C18H38IN5O2. The average molecular weight is 483 g/mol. The monoisotopic (exact) mass is 483 g/mol. The Morgan fingerprint density at radius 3 is 2.31 bits per heavy atom. The minimum Gasteiger partial charge on any atom is -0.383 e. The van der Waals surface area contributed by atoms with Gasteiger partial charge in [0.1, 0.15) is 6.54 Å². The van der Waals surface area contributed by atoms with Gasteiger partial charge in [-0.25, -0.2) is 4.99 Å². The van der Waals surface area contributed by atoms with Gasteiger partial charge in [0.15, 0.2) is 5.96 Å². The summed E-state index contributed by atoms with van der Waals surface area (Å²) in [5.41, 5.74) is 0. The van der Waals surface area contributed by atoms with Crippen LogP contribution in [-0.2, 0) is 9.53 Å². The van der Waals surface area contributed by atoms with Gasteiger partial charge < -0.3 is 19.9 Å². The third kappa shape index (κ3) is 8.39. The van der Waals surface area contributed by atoms with Gasteiger partial charge >= 0.3 is 0 Å². The molecule has 26 heavy (non-hydrogen) atoms. The molecule has 0 radical (unpaired) electrons. The summed E-state index contributed by atoms with van der Waals surface area (Å²) in [7, 11) is 5.27. The van der Waals surface area contributed by atoms with E-state index in [4.69, 9.17) is 4.74 Å². The highest BCUT2D eigenvalue weighted by molar-refractivity contribution is 14.0. The Morgan fingerprint density at radius 1 is 1.27 bits per heavy atom. The number of likely N-dealkylation sites (N-methyl/N-ethyl adjacent to an activating group) is 1. The number of carbonyl (C=O) groups is 1. The second kappa shape index (κ2) is 12.7. The number of ether oxygens (including phenoxy) is 1. The van der Waals surface area contributed by atoms with Gasteiger partial charge in [-0.05, 0) is 19.8 Å². The van der Waals surface area contributed by atoms with E-state index in [1.165, 1.54) is 0 Å². The number of nitrogens with zero attached hydrogens (tertiary/aromatic N) is 4. The molecule has 0 bridgehead atoms. The molecule has 1 N–H and O–H groups in total. The summed E-state index contributed by atoms with van der Waals surface area (Å²) in [6.07, 6.45) is 0. The minimum absolute atomic E-state index is 0. The van der Waals surface area contributed by atoms with Crippen molar-refractivity contribution in [3.63, 3.8) is 0 Å². The van der Waals surface area contributed by atoms with Gasteiger partial charge in [0.05, 0.1) is 6.61 Å². The predicted molar refractivity (Wildman–Crippen MR) is 118 cm³/mol. The number of amides is 1. The van der Waals surface area contributed by atoms with Gasteiger partial charge in [-0.3, -0.25) is 9.69 Å². The van der Waals surface area contributed by atoms with Crippen LogP contribution < -0.4 is 5.32 Å². The maximum atomic E-state index is 11.9. The molecule has 0 aromatic rings. The number of guanidine groups is 1. The topological polar surface area (TPSA) is 60.4 Å². The third-order valence-corrected chi connectivity index (χ3v) is 4.49. The Labute approximate surface area is 176 Å². The third-order valence-electron chi connectivity index (χ3n) is 4.49. The second-order valence-corrected chi connectivity index (χ2v) is 7.54. The maximum absolute atomic E-state index is 11.9. The normalized spacial score (nSPS) is 21.5. The van der Waals surface area contributed by atoms with Crippen LogP contribution in [0.2, 0.25) is 0 Å². The molecule has 1 aliphatic rings. The van der Waals surface area contributed by atoms with Gasteiger partial charge in [0.2, 0.25) is 5.91 Å². The first-order chi connectivity index (χ1) is 11.8. The van der Waals surface area contributed by atoms with Crippen molar-refractivity contribution in [2.75, 3.05) is 60.5 Å². The van der Waals surface area contributed by atoms with E-state index in [2.05, 4.69) is 47.8 Å². The molecule has 0 aliphatic carbocycles. The Kier molecular flexibility index (Phi) is 12.4. The lowest BCUT2D eigenvalue weighted by atomic mass is 10.1. The molecule has 2 atom stereocenters. The molecule has 1 rings (SSSR count). The Balaban J connectivity index is 0.00000625. The molecule has 8 heteroatoms. The number of hydrogen-bond donors (Lipinski definition) is 1.